The first kappa shape index (κ1) is 21.4. The number of nitro benzene ring substituents is 1. The van der Waals surface area contributed by atoms with Gasteiger partial charge in [-0.25, -0.2) is 8.42 Å². The number of non-ortho nitro benzene ring substituents is 1. The predicted molar refractivity (Wildman–Crippen MR) is 109 cm³/mol. The molecule has 1 aromatic carbocycles. The van der Waals surface area contributed by atoms with E-state index in [4.69, 9.17) is 0 Å². The fourth-order valence-electron chi connectivity index (χ4n) is 3.18. The Morgan fingerprint density at radius 2 is 1.97 bits per heavy atom. The predicted octanol–water partition coefficient (Wildman–Crippen LogP) is 1.67. The number of benzene rings is 1. The SMILES string of the molecule is CC(NS(=O)(=O)c1cccs1)C(=O)N1CCN(Cc2cccc([N+](=O)[O-])c2)CC1. The smallest absolute Gasteiger partial charge is 0.269 e. The Kier molecular flexibility index (Phi) is 6.63. The van der Waals surface area contributed by atoms with Crippen LogP contribution in [0, 0.1) is 10.1 Å². The Morgan fingerprint density at radius 1 is 1.24 bits per heavy atom. The lowest BCUT2D eigenvalue weighted by Gasteiger charge is -2.36. The van der Waals surface area contributed by atoms with Gasteiger partial charge in [0.15, 0.2) is 0 Å². The van der Waals surface area contributed by atoms with Crippen LogP contribution < -0.4 is 4.72 Å². The van der Waals surface area contributed by atoms with E-state index in [0.717, 1.165) is 16.9 Å². The number of amides is 1. The van der Waals surface area contributed by atoms with Crippen molar-refractivity contribution < 1.29 is 18.1 Å². The van der Waals surface area contributed by atoms with Gasteiger partial charge in [-0.2, -0.15) is 4.72 Å². The highest BCUT2D eigenvalue weighted by molar-refractivity contribution is 7.91. The van der Waals surface area contributed by atoms with E-state index >= 15 is 0 Å². The van der Waals surface area contributed by atoms with Crippen molar-refractivity contribution in [2.24, 2.45) is 0 Å². The maximum Gasteiger partial charge on any atom is 0.269 e. The van der Waals surface area contributed by atoms with Gasteiger partial charge >= 0.3 is 0 Å². The third-order valence-electron chi connectivity index (χ3n) is 4.67. The number of sulfonamides is 1. The maximum atomic E-state index is 12.6. The van der Waals surface area contributed by atoms with Crippen LogP contribution in [0.25, 0.3) is 0 Å². The number of hydrogen-bond acceptors (Lipinski definition) is 7. The van der Waals surface area contributed by atoms with Crippen molar-refractivity contribution in [3.63, 3.8) is 0 Å². The van der Waals surface area contributed by atoms with Gasteiger partial charge in [0.05, 0.1) is 11.0 Å². The third-order valence-corrected chi connectivity index (χ3v) is 7.61. The highest BCUT2D eigenvalue weighted by Crippen LogP contribution is 2.17. The molecule has 1 aliphatic heterocycles. The molecule has 1 unspecified atom stereocenters. The molecule has 0 radical (unpaired) electrons. The Balaban J connectivity index is 1.53. The molecular formula is C18H22N4O5S2. The second kappa shape index (κ2) is 8.99. The second-order valence-electron chi connectivity index (χ2n) is 6.80. The van der Waals surface area contributed by atoms with E-state index < -0.39 is 21.0 Å². The van der Waals surface area contributed by atoms with Gasteiger partial charge in [0, 0.05) is 44.9 Å². The summed E-state index contributed by atoms with van der Waals surface area (Å²) in [5, 5.41) is 12.6. The molecule has 3 rings (SSSR count). The minimum Gasteiger partial charge on any atom is -0.339 e. The Morgan fingerprint density at radius 3 is 2.59 bits per heavy atom. The molecule has 9 nitrogen and oxygen atoms in total. The molecule has 0 bridgehead atoms. The third kappa shape index (κ3) is 5.38. The fourth-order valence-corrected chi connectivity index (χ4v) is 5.39. The van der Waals surface area contributed by atoms with E-state index in [2.05, 4.69) is 9.62 Å². The molecule has 1 N–H and O–H groups in total. The molecule has 0 saturated carbocycles. The lowest BCUT2D eigenvalue weighted by Crippen LogP contribution is -2.53. The molecule has 11 heteroatoms. The van der Waals surface area contributed by atoms with E-state index in [1.165, 1.54) is 12.1 Å². The summed E-state index contributed by atoms with van der Waals surface area (Å²) in [4.78, 5) is 26.9. The molecule has 1 atom stereocenters. The molecule has 1 fully saturated rings. The average Bonchev–Trinajstić information content (AvgIpc) is 3.24. The minimum absolute atomic E-state index is 0.0585. The zero-order valence-electron chi connectivity index (χ0n) is 15.9. The molecule has 2 aromatic rings. The van der Waals surface area contributed by atoms with Crippen LogP contribution in [0.5, 0.6) is 0 Å². The summed E-state index contributed by atoms with van der Waals surface area (Å²) >= 11 is 1.10. The number of carbonyl (C=O) groups is 1. The zero-order valence-corrected chi connectivity index (χ0v) is 17.5. The highest BCUT2D eigenvalue weighted by atomic mass is 32.2. The molecule has 1 aliphatic rings. The van der Waals surface area contributed by atoms with Crippen LogP contribution in [-0.4, -0.2) is 61.3 Å². The van der Waals surface area contributed by atoms with Crippen molar-refractivity contribution in [3.8, 4) is 0 Å². The molecule has 1 saturated heterocycles. The lowest BCUT2D eigenvalue weighted by atomic mass is 10.1. The van der Waals surface area contributed by atoms with Gasteiger partial charge < -0.3 is 4.90 Å². The number of nitro groups is 1. The van der Waals surface area contributed by atoms with Gasteiger partial charge in [-0.3, -0.25) is 19.8 Å². The topological polar surface area (TPSA) is 113 Å². The van der Waals surface area contributed by atoms with Crippen molar-refractivity contribution in [2.75, 3.05) is 26.2 Å². The van der Waals surface area contributed by atoms with Gasteiger partial charge in [-0.15, -0.1) is 11.3 Å². The van der Waals surface area contributed by atoms with Crippen LogP contribution in [0.4, 0.5) is 5.69 Å². The summed E-state index contributed by atoms with van der Waals surface area (Å²) in [6, 6.07) is 8.80. The van der Waals surface area contributed by atoms with Crippen molar-refractivity contribution in [1.29, 1.82) is 0 Å². The van der Waals surface area contributed by atoms with Gasteiger partial charge in [-0.1, -0.05) is 18.2 Å². The molecule has 29 heavy (non-hydrogen) atoms. The van der Waals surface area contributed by atoms with Crippen molar-refractivity contribution in [1.82, 2.24) is 14.5 Å². The summed E-state index contributed by atoms with van der Waals surface area (Å²) in [6.07, 6.45) is 0. The normalized spacial score (nSPS) is 16.5. The van der Waals surface area contributed by atoms with Crippen LogP contribution >= 0.6 is 11.3 Å². The number of nitrogens with zero attached hydrogens (tertiary/aromatic N) is 3. The maximum absolute atomic E-state index is 12.6. The molecule has 156 valence electrons. The Labute approximate surface area is 173 Å². The van der Waals surface area contributed by atoms with E-state index in [9.17, 15) is 23.3 Å². The zero-order chi connectivity index (χ0) is 21.0. The summed E-state index contributed by atoms with van der Waals surface area (Å²) in [7, 11) is -3.71. The largest absolute Gasteiger partial charge is 0.339 e. The van der Waals surface area contributed by atoms with E-state index in [1.54, 1.807) is 35.4 Å². The fraction of sp³-hybridized carbons (Fsp3) is 0.389. The van der Waals surface area contributed by atoms with E-state index in [-0.39, 0.29) is 15.8 Å². The molecular weight excluding hydrogens is 416 g/mol. The highest BCUT2D eigenvalue weighted by Gasteiger charge is 2.28. The molecule has 2 heterocycles. The standard InChI is InChI=1S/C18H22N4O5S2/c1-14(19-29(26,27)17-6-3-11-28-17)18(23)21-9-7-20(8-10-21)13-15-4-2-5-16(12-15)22(24)25/h2-6,11-12,14,19H,7-10,13H2,1H3. The molecule has 0 spiro atoms. The number of hydrogen-bond donors (Lipinski definition) is 1. The summed E-state index contributed by atoms with van der Waals surface area (Å²) in [5.74, 6) is -0.264. The van der Waals surface area contributed by atoms with Crippen LogP contribution in [-0.2, 0) is 21.4 Å². The van der Waals surface area contributed by atoms with E-state index in [1.807, 2.05) is 6.07 Å². The first-order chi connectivity index (χ1) is 13.8. The first-order valence-corrected chi connectivity index (χ1v) is 11.4. The molecule has 1 amide bonds. The summed E-state index contributed by atoms with van der Waals surface area (Å²) in [6.45, 7) is 4.27. The monoisotopic (exact) mass is 438 g/mol. The quantitative estimate of drug-likeness (QED) is 0.520. The van der Waals surface area contributed by atoms with Gasteiger partial charge in [0.25, 0.3) is 15.7 Å². The number of piperazine rings is 1. The van der Waals surface area contributed by atoms with Crippen LogP contribution in [0.2, 0.25) is 0 Å². The summed E-state index contributed by atoms with van der Waals surface area (Å²) in [5.41, 5.74) is 0.902. The Hall–Kier alpha value is -2.34. The number of nitrogens with one attached hydrogen (secondary N) is 1. The van der Waals surface area contributed by atoms with Crippen LogP contribution in [0.3, 0.4) is 0 Å². The van der Waals surface area contributed by atoms with Crippen LogP contribution in [0.1, 0.15) is 12.5 Å². The average molecular weight is 439 g/mol. The van der Waals surface area contributed by atoms with Crippen LogP contribution in [0.15, 0.2) is 46.0 Å². The van der Waals surface area contributed by atoms with E-state index in [0.29, 0.717) is 32.7 Å². The number of rotatable bonds is 7. The molecule has 0 aliphatic carbocycles. The van der Waals surface area contributed by atoms with Gasteiger partial charge in [0.1, 0.15) is 4.21 Å². The number of carbonyl (C=O) groups excluding carboxylic acids is 1. The van der Waals surface area contributed by atoms with Crippen molar-refractivity contribution in [2.45, 2.75) is 23.7 Å². The first-order valence-electron chi connectivity index (χ1n) is 9.06. The second-order valence-corrected chi connectivity index (χ2v) is 9.69. The summed E-state index contributed by atoms with van der Waals surface area (Å²) < 4.78 is 27.2. The Bertz CT molecular complexity index is 970. The minimum atomic E-state index is -3.71. The van der Waals surface area contributed by atoms with Crippen molar-refractivity contribution in [3.05, 3.63) is 57.5 Å². The lowest BCUT2D eigenvalue weighted by molar-refractivity contribution is -0.384. The van der Waals surface area contributed by atoms with Gasteiger partial charge in [0.2, 0.25) is 5.91 Å². The van der Waals surface area contributed by atoms with Crippen molar-refractivity contribution >= 4 is 33.0 Å². The number of thiophene rings is 1. The molecule has 1 aromatic heterocycles. The van der Waals surface area contributed by atoms with Gasteiger partial charge in [-0.05, 0) is 23.9 Å².